The van der Waals surface area contributed by atoms with Crippen LogP contribution < -0.4 is 19.6 Å². The Kier molecular flexibility index (Phi) is 6.04. The monoisotopic (exact) mass is 492 g/mol. The number of nitrogens with one attached hydrogen (secondary N) is 3. The van der Waals surface area contributed by atoms with Gasteiger partial charge in [-0.05, 0) is 66.9 Å². The number of methoxy groups -OCH3 is 1. The summed E-state index contributed by atoms with van der Waals surface area (Å²) in [5.74, 6) is 1.23. The fourth-order valence-corrected chi connectivity index (χ4v) is 4.45. The molecule has 1 aromatic heterocycles. The van der Waals surface area contributed by atoms with Crippen LogP contribution in [0.25, 0.3) is 11.0 Å². The van der Waals surface area contributed by atoms with Gasteiger partial charge in [-0.3, -0.25) is 10.1 Å². The number of rotatable bonds is 9. The highest BCUT2D eigenvalue weighted by atomic mass is 32.2. The number of hydrogen-bond donors (Lipinski definition) is 3. The zero-order chi connectivity index (χ0) is 24.4. The molecule has 1 aliphatic rings. The smallest absolute Gasteiger partial charge is 0.339 e. The van der Waals surface area contributed by atoms with Crippen LogP contribution in [0.4, 0.5) is 11.6 Å². The second kappa shape index (κ2) is 9.30. The first-order chi connectivity index (χ1) is 16.9. The summed E-state index contributed by atoms with van der Waals surface area (Å²) >= 11 is 0. The highest BCUT2D eigenvalue weighted by Gasteiger charge is 2.30. The minimum absolute atomic E-state index is 0.0343. The van der Waals surface area contributed by atoms with Crippen LogP contribution >= 0.6 is 0 Å². The first kappa shape index (κ1) is 22.7. The molecule has 1 fully saturated rings. The third-order valence-corrected chi connectivity index (χ3v) is 6.91. The van der Waals surface area contributed by atoms with Crippen LogP contribution in [-0.4, -0.2) is 31.4 Å². The maximum absolute atomic E-state index is 12.8. The number of benzene rings is 3. The third kappa shape index (κ3) is 5.38. The Morgan fingerprint density at radius 2 is 1.74 bits per heavy atom. The third-order valence-electron chi connectivity index (χ3n) is 5.65. The Labute approximate surface area is 202 Å². The molecule has 3 N–H and O–H groups in total. The van der Waals surface area contributed by atoms with Crippen LogP contribution in [0, 0.1) is 5.92 Å². The molecule has 0 saturated heterocycles. The molecular formula is C25H24N4O5S. The van der Waals surface area contributed by atoms with Crippen molar-refractivity contribution in [2.75, 3.05) is 17.7 Å². The summed E-state index contributed by atoms with van der Waals surface area (Å²) in [6.07, 6.45) is 1.78. The van der Waals surface area contributed by atoms with Crippen molar-refractivity contribution in [3.8, 4) is 11.5 Å². The number of imidazole rings is 1. The van der Waals surface area contributed by atoms with Gasteiger partial charge in [0.25, 0.3) is 0 Å². The number of aromatic amines is 1. The number of carbonyl (C=O) groups is 1. The summed E-state index contributed by atoms with van der Waals surface area (Å²) in [4.78, 5) is 19.3. The average molecular weight is 493 g/mol. The molecule has 4 aromatic rings. The van der Waals surface area contributed by atoms with Gasteiger partial charge in [-0.25, -0.2) is 4.98 Å². The lowest BCUT2D eigenvalue weighted by Crippen LogP contribution is -2.14. The summed E-state index contributed by atoms with van der Waals surface area (Å²) in [5.41, 5.74) is 2.99. The summed E-state index contributed by atoms with van der Waals surface area (Å²) in [6, 6.07) is 18.7. The number of aromatic nitrogens is 2. The topological polar surface area (TPSA) is 122 Å². The minimum atomic E-state index is -4.04. The number of amides is 1. The van der Waals surface area contributed by atoms with Gasteiger partial charge in [0.15, 0.2) is 0 Å². The van der Waals surface area contributed by atoms with Crippen molar-refractivity contribution < 1.29 is 22.1 Å². The summed E-state index contributed by atoms with van der Waals surface area (Å²) < 4.78 is 36.0. The zero-order valence-corrected chi connectivity index (χ0v) is 19.8. The molecule has 0 spiro atoms. The number of hydrogen-bond acceptors (Lipinski definition) is 7. The van der Waals surface area contributed by atoms with Crippen molar-refractivity contribution in [3.63, 3.8) is 0 Å². The Hall–Kier alpha value is -4.05. The molecule has 35 heavy (non-hydrogen) atoms. The van der Waals surface area contributed by atoms with Gasteiger partial charge in [-0.15, -0.1) is 0 Å². The second-order valence-electron chi connectivity index (χ2n) is 8.29. The van der Waals surface area contributed by atoms with Crippen molar-refractivity contribution in [3.05, 3.63) is 72.3 Å². The van der Waals surface area contributed by atoms with E-state index in [0.29, 0.717) is 23.5 Å². The van der Waals surface area contributed by atoms with E-state index < -0.39 is 10.1 Å². The van der Waals surface area contributed by atoms with Crippen LogP contribution in [0.1, 0.15) is 18.4 Å². The molecule has 3 aromatic carbocycles. The molecule has 1 aliphatic carbocycles. The van der Waals surface area contributed by atoms with Crippen molar-refractivity contribution >= 4 is 38.7 Å². The fraction of sp³-hybridized carbons (Fsp3) is 0.200. The first-order valence-electron chi connectivity index (χ1n) is 11.1. The van der Waals surface area contributed by atoms with E-state index in [1.807, 2.05) is 24.3 Å². The Morgan fingerprint density at radius 1 is 1.03 bits per heavy atom. The quantitative estimate of drug-likeness (QED) is 0.298. The van der Waals surface area contributed by atoms with E-state index in [-0.39, 0.29) is 22.5 Å². The van der Waals surface area contributed by atoms with E-state index in [1.165, 1.54) is 24.3 Å². The molecular weight excluding hydrogens is 468 g/mol. The number of anilines is 2. The van der Waals surface area contributed by atoms with Gasteiger partial charge in [0.05, 0.1) is 18.1 Å². The lowest BCUT2D eigenvalue weighted by atomic mass is 10.2. The van der Waals surface area contributed by atoms with Gasteiger partial charge in [-0.2, -0.15) is 8.42 Å². The van der Waals surface area contributed by atoms with E-state index >= 15 is 0 Å². The Balaban J connectivity index is 1.23. The zero-order valence-electron chi connectivity index (χ0n) is 18.9. The molecule has 1 heterocycles. The molecule has 0 radical (unpaired) electrons. The van der Waals surface area contributed by atoms with Gasteiger partial charge in [-0.1, -0.05) is 12.1 Å². The molecule has 0 unspecified atom stereocenters. The number of carbonyl (C=O) groups excluding carboxylic acids is 1. The average Bonchev–Trinajstić information content (AvgIpc) is 3.64. The van der Waals surface area contributed by atoms with Gasteiger partial charge in [0.2, 0.25) is 11.9 Å². The van der Waals surface area contributed by atoms with E-state index in [0.717, 1.165) is 29.8 Å². The summed E-state index contributed by atoms with van der Waals surface area (Å²) in [5, 5.41) is 6.00. The van der Waals surface area contributed by atoms with E-state index in [9.17, 15) is 13.2 Å². The number of fused-ring (bicyclic) bond motifs is 1. The minimum Gasteiger partial charge on any atom is -0.497 e. The van der Waals surface area contributed by atoms with Gasteiger partial charge in [0.1, 0.15) is 16.4 Å². The van der Waals surface area contributed by atoms with Crippen LogP contribution in [0.2, 0.25) is 0 Å². The van der Waals surface area contributed by atoms with E-state index in [1.54, 1.807) is 25.3 Å². The molecule has 1 amide bonds. The predicted octanol–water partition coefficient (Wildman–Crippen LogP) is 4.30. The number of ether oxygens (including phenoxy) is 1. The molecule has 180 valence electrons. The van der Waals surface area contributed by atoms with Gasteiger partial charge in [0, 0.05) is 24.2 Å². The number of H-pyrrole nitrogens is 1. The lowest BCUT2D eigenvalue weighted by molar-refractivity contribution is -0.117. The molecule has 0 atom stereocenters. The maximum Gasteiger partial charge on any atom is 0.339 e. The highest BCUT2D eigenvalue weighted by Crippen LogP contribution is 2.30. The largest absolute Gasteiger partial charge is 0.497 e. The van der Waals surface area contributed by atoms with Gasteiger partial charge >= 0.3 is 10.1 Å². The molecule has 1 saturated carbocycles. The molecule has 0 aliphatic heterocycles. The Bertz CT molecular complexity index is 1460. The van der Waals surface area contributed by atoms with Crippen molar-refractivity contribution in [1.82, 2.24) is 9.97 Å². The normalized spacial score (nSPS) is 13.4. The SMILES string of the molecule is COc1ccc(CNc2ccc(S(=O)(=O)Oc3ccc4[nH]c(NC(=O)C5CC5)nc4c3)cc2)cc1. The van der Waals surface area contributed by atoms with E-state index in [4.69, 9.17) is 8.92 Å². The fourth-order valence-electron chi connectivity index (χ4n) is 3.52. The molecule has 0 bridgehead atoms. The summed E-state index contributed by atoms with van der Waals surface area (Å²) in [6.45, 7) is 0.583. The van der Waals surface area contributed by atoms with Crippen molar-refractivity contribution in [2.24, 2.45) is 5.92 Å². The Morgan fingerprint density at radius 3 is 2.43 bits per heavy atom. The van der Waals surface area contributed by atoms with Crippen LogP contribution in [0.3, 0.4) is 0 Å². The van der Waals surface area contributed by atoms with Crippen LogP contribution in [0.5, 0.6) is 11.5 Å². The van der Waals surface area contributed by atoms with Crippen molar-refractivity contribution in [2.45, 2.75) is 24.3 Å². The first-order valence-corrected chi connectivity index (χ1v) is 12.5. The van der Waals surface area contributed by atoms with Crippen molar-refractivity contribution in [1.29, 1.82) is 0 Å². The number of nitrogens with zero attached hydrogens (tertiary/aromatic N) is 1. The van der Waals surface area contributed by atoms with E-state index in [2.05, 4.69) is 20.6 Å². The molecule has 9 nitrogen and oxygen atoms in total. The van der Waals surface area contributed by atoms with Crippen LogP contribution in [-0.2, 0) is 21.5 Å². The lowest BCUT2D eigenvalue weighted by Gasteiger charge is -2.10. The maximum atomic E-state index is 12.8. The molecule has 5 rings (SSSR count). The highest BCUT2D eigenvalue weighted by molar-refractivity contribution is 7.87. The summed E-state index contributed by atoms with van der Waals surface area (Å²) in [7, 11) is -2.42. The molecule has 10 heteroatoms. The standard InChI is InChI=1S/C25H24N4O5S/c1-33-19-8-2-16(3-9-19)15-26-18-6-11-21(12-7-18)35(31,32)34-20-10-13-22-23(14-20)28-25(27-22)29-24(30)17-4-5-17/h2-3,6-14,17,26H,4-5,15H2,1H3,(H2,27,28,29,30). The second-order valence-corrected chi connectivity index (χ2v) is 9.84. The predicted molar refractivity (Wildman–Crippen MR) is 132 cm³/mol. The van der Waals surface area contributed by atoms with Gasteiger partial charge < -0.3 is 19.2 Å². The van der Waals surface area contributed by atoms with Crippen LogP contribution in [0.15, 0.2) is 71.6 Å².